The molecule has 0 bridgehead atoms. The zero-order valence-electron chi connectivity index (χ0n) is 15.5. The second-order valence-corrected chi connectivity index (χ2v) is 7.54. The molecule has 0 aliphatic carbocycles. The van der Waals surface area contributed by atoms with E-state index in [-0.39, 0.29) is 11.9 Å². The van der Waals surface area contributed by atoms with Gasteiger partial charge in [-0.25, -0.2) is 0 Å². The second-order valence-electron chi connectivity index (χ2n) is 6.56. The number of hydrogen-bond donors (Lipinski definition) is 1. The molecule has 2 heterocycles. The molecule has 3 rings (SSSR count). The number of nitrogens with one attached hydrogen (secondary N) is 1. The van der Waals surface area contributed by atoms with Crippen molar-refractivity contribution in [3.8, 4) is 0 Å². The van der Waals surface area contributed by atoms with E-state index in [0.29, 0.717) is 5.69 Å². The molecule has 5 heteroatoms. The quantitative estimate of drug-likeness (QED) is 0.660. The van der Waals surface area contributed by atoms with Crippen molar-refractivity contribution in [2.24, 2.45) is 7.05 Å². The summed E-state index contributed by atoms with van der Waals surface area (Å²) in [6, 6.07) is 14.3. The molecule has 2 aromatic heterocycles. The topological polar surface area (TPSA) is 46.9 Å². The minimum atomic E-state index is -0.155. The molecule has 0 saturated carbocycles. The molecule has 1 atom stereocenters. The SMILES string of the molecule is CCCCc1ccc(C(NC(=O)c2cc(C)nn2C)c2cccs2)cc1. The fourth-order valence-corrected chi connectivity index (χ4v) is 3.86. The van der Waals surface area contributed by atoms with E-state index in [4.69, 9.17) is 0 Å². The van der Waals surface area contributed by atoms with Crippen LogP contribution in [0.15, 0.2) is 47.8 Å². The minimum absolute atomic E-state index is 0.110. The van der Waals surface area contributed by atoms with Crippen molar-refractivity contribution >= 4 is 17.2 Å². The van der Waals surface area contributed by atoms with Crippen LogP contribution in [0.4, 0.5) is 0 Å². The van der Waals surface area contributed by atoms with Gasteiger partial charge in [0.15, 0.2) is 0 Å². The molecule has 1 amide bonds. The number of hydrogen-bond acceptors (Lipinski definition) is 3. The van der Waals surface area contributed by atoms with E-state index in [2.05, 4.69) is 47.7 Å². The van der Waals surface area contributed by atoms with Crippen LogP contribution in [0, 0.1) is 6.92 Å². The standard InChI is InChI=1S/C21H25N3OS/c1-4-5-7-16-9-11-17(12-10-16)20(19-8-6-13-26-19)22-21(25)18-14-15(2)23-24(18)3/h6,8-14,20H,4-5,7H2,1-3H3,(H,22,25). The molecule has 0 saturated heterocycles. The fourth-order valence-electron chi connectivity index (χ4n) is 3.06. The fraction of sp³-hybridized carbons (Fsp3) is 0.333. The van der Waals surface area contributed by atoms with E-state index in [0.717, 1.165) is 22.6 Å². The molecule has 1 unspecified atom stereocenters. The van der Waals surface area contributed by atoms with E-state index in [9.17, 15) is 4.79 Å². The summed E-state index contributed by atoms with van der Waals surface area (Å²) in [7, 11) is 1.80. The number of amides is 1. The van der Waals surface area contributed by atoms with Crippen LogP contribution in [-0.4, -0.2) is 15.7 Å². The lowest BCUT2D eigenvalue weighted by Crippen LogP contribution is -2.30. The van der Waals surface area contributed by atoms with Crippen LogP contribution in [-0.2, 0) is 13.5 Å². The lowest BCUT2D eigenvalue weighted by Gasteiger charge is -2.18. The predicted molar refractivity (Wildman–Crippen MR) is 107 cm³/mol. The van der Waals surface area contributed by atoms with Crippen molar-refractivity contribution in [1.82, 2.24) is 15.1 Å². The van der Waals surface area contributed by atoms with E-state index in [1.54, 1.807) is 23.1 Å². The highest BCUT2D eigenvalue weighted by molar-refractivity contribution is 7.10. The Morgan fingerprint density at radius 3 is 2.62 bits per heavy atom. The largest absolute Gasteiger partial charge is 0.339 e. The van der Waals surface area contributed by atoms with E-state index < -0.39 is 0 Å². The molecular weight excluding hydrogens is 342 g/mol. The van der Waals surface area contributed by atoms with Crippen LogP contribution >= 0.6 is 11.3 Å². The number of aryl methyl sites for hydroxylation is 3. The van der Waals surface area contributed by atoms with Gasteiger partial charge in [-0.05, 0) is 48.4 Å². The first-order valence-electron chi connectivity index (χ1n) is 9.02. The Hall–Kier alpha value is -2.40. The maximum atomic E-state index is 12.8. The van der Waals surface area contributed by atoms with Crippen LogP contribution in [0.2, 0.25) is 0 Å². The van der Waals surface area contributed by atoms with Crippen LogP contribution in [0.1, 0.15) is 58.0 Å². The summed E-state index contributed by atoms with van der Waals surface area (Å²) in [6.07, 6.45) is 3.49. The summed E-state index contributed by atoms with van der Waals surface area (Å²) in [4.78, 5) is 13.9. The van der Waals surface area contributed by atoms with Crippen LogP contribution in [0.5, 0.6) is 0 Å². The predicted octanol–water partition coefficient (Wildman–Crippen LogP) is 4.65. The Kier molecular flexibility index (Phi) is 5.89. The summed E-state index contributed by atoms with van der Waals surface area (Å²) >= 11 is 1.65. The van der Waals surface area contributed by atoms with Crippen LogP contribution in [0.3, 0.4) is 0 Å². The smallest absolute Gasteiger partial charge is 0.270 e. The molecule has 4 nitrogen and oxygen atoms in total. The van der Waals surface area contributed by atoms with E-state index in [1.807, 2.05) is 24.4 Å². The molecule has 0 radical (unpaired) electrons. The molecular formula is C21H25N3OS. The van der Waals surface area contributed by atoms with Crippen molar-refractivity contribution < 1.29 is 4.79 Å². The highest BCUT2D eigenvalue weighted by Gasteiger charge is 2.21. The number of nitrogens with zero attached hydrogens (tertiary/aromatic N) is 2. The van der Waals surface area contributed by atoms with Crippen molar-refractivity contribution in [3.63, 3.8) is 0 Å². The Morgan fingerprint density at radius 2 is 2.04 bits per heavy atom. The van der Waals surface area contributed by atoms with Crippen molar-refractivity contribution in [1.29, 1.82) is 0 Å². The molecule has 3 aromatic rings. The second kappa shape index (κ2) is 8.32. The molecule has 0 aliphatic heterocycles. The lowest BCUT2D eigenvalue weighted by molar-refractivity contribution is 0.0934. The van der Waals surface area contributed by atoms with Gasteiger partial charge in [0.1, 0.15) is 5.69 Å². The third-order valence-electron chi connectivity index (χ3n) is 4.47. The Balaban J connectivity index is 1.84. The van der Waals surface area contributed by atoms with Crippen LogP contribution in [0.25, 0.3) is 0 Å². The summed E-state index contributed by atoms with van der Waals surface area (Å²) in [6.45, 7) is 4.10. The van der Waals surface area contributed by atoms with Crippen molar-refractivity contribution in [2.75, 3.05) is 0 Å². The first kappa shape index (κ1) is 18.4. The van der Waals surface area contributed by atoms with Gasteiger partial charge in [-0.3, -0.25) is 9.48 Å². The summed E-state index contributed by atoms with van der Waals surface area (Å²) in [5.74, 6) is -0.110. The van der Waals surface area contributed by atoms with Gasteiger partial charge in [-0.15, -0.1) is 11.3 Å². The molecule has 0 fully saturated rings. The van der Waals surface area contributed by atoms with Crippen LogP contribution < -0.4 is 5.32 Å². The Morgan fingerprint density at radius 1 is 1.27 bits per heavy atom. The first-order chi connectivity index (χ1) is 12.6. The molecule has 0 spiro atoms. The van der Waals surface area contributed by atoms with Gasteiger partial charge in [0.2, 0.25) is 0 Å². The van der Waals surface area contributed by atoms with Gasteiger partial charge in [-0.2, -0.15) is 5.10 Å². The molecule has 136 valence electrons. The number of rotatable bonds is 7. The summed E-state index contributed by atoms with van der Waals surface area (Å²) in [5.41, 5.74) is 3.85. The highest BCUT2D eigenvalue weighted by Crippen LogP contribution is 2.27. The van der Waals surface area contributed by atoms with Crippen molar-refractivity contribution in [3.05, 3.63) is 75.2 Å². The number of benzene rings is 1. The Bertz CT molecular complexity index is 850. The number of unbranched alkanes of at least 4 members (excludes halogenated alkanes) is 1. The van der Waals surface area contributed by atoms with Gasteiger partial charge >= 0.3 is 0 Å². The summed E-state index contributed by atoms with van der Waals surface area (Å²) in [5, 5.41) is 9.49. The van der Waals surface area contributed by atoms with Crippen molar-refractivity contribution in [2.45, 2.75) is 39.2 Å². The van der Waals surface area contributed by atoms with Gasteiger partial charge in [-0.1, -0.05) is 43.7 Å². The summed E-state index contributed by atoms with van der Waals surface area (Å²) < 4.78 is 1.63. The van der Waals surface area contributed by atoms with Gasteiger partial charge < -0.3 is 5.32 Å². The third kappa shape index (κ3) is 4.22. The number of carbonyl (C=O) groups is 1. The molecule has 1 aromatic carbocycles. The van der Waals surface area contributed by atoms with E-state index >= 15 is 0 Å². The molecule has 1 N–H and O–H groups in total. The lowest BCUT2D eigenvalue weighted by atomic mass is 10.0. The molecule has 0 aliphatic rings. The zero-order chi connectivity index (χ0) is 18.5. The first-order valence-corrected chi connectivity index (χ1v) is 9.90. The number of carbonyl (C=O) groups excluding carboxylic acids is 1. The van der Waals surface area contributed by atoms with Gasteiger partial charge in [0.05, 0.1) is 11.7 Å². The third-order valence-corrected chi connectivity index (χ3v) is 5.41. The molecule has 26 heavy (non-hydrogen) atoms. The average Bonchev–Trinajstić information content (AvgIpc) is 3.28. The zero-order valence-corrected chi connectivity index (χ0v) is 16.3. The maximum Gasteiger partial charge on any atom is 0.270 e. The van der Waals surface area contributed by atoms with E-state index in [1.165, 1.54) is 18.4 Å². The average molecular weight is 368 g/mol. The van der Waals surface area contributed by atoms with Gasteiger partial charge in [0.25, 0.3) is 5.91 Å². The maximum absolute atomic E-state index is 12.8. The minimum Gasteiger partial charge on any atom is -0.339 e. The monoisotopic (exact) mass is 367 g/mol. The highest BCUT2D eigenvalue weighted by atomic mass is 32.1. The normalized spacial score (nSPS) is 12.1. The Labute approximate surface area is 158 Å². The number of thiophene rings is 1. The number of aromatic nitrogens is 2. The van der Waals surface area contributed by atoms with Gasteiger partial charge in [0, 0.05) is 11.9 Å².